The fourth-order valence-corrected chi connectivity index (χ4v) is 11.1. The van der Waals surface area contributed by atoms with Crippen molar-refractivity contribution < 1.29 is 38.6 Å². The van der Waals surface area contributed by atoms with Crippen LogP contribution in [0.2, 0.25) is 5.02 Å². The van der Waals surface area contributed by atoms with Gasteiger partial charge in [0.2, 0.25) is 29.5 Å². The number of ether oxygens (including phenoxy) is 2. The number of anilines is 1. The lowest BCUT2D eigenvalue weighted by Gasteiger charge is -2.39. The smallest absolute Gasteiger partial charge is 0.246 e. The molecule has 5 aromatic rings. The number of thiazole rings is 1. The minimum absolute atomic E-state index is 0.00700. The van der Waals surface area contributed by atoms with Gasteiger partial charge in [0.05, 0.1) is 72.0 Å². The standard InChI is InChI=1S/C55H73ClN12O8S/c1-36-47(77-35-62-36)39-7-5-37(6-8-39)32-59-51(72)44-31-41(69)33-68(44)52(73)48(54(2,3)4)64-45(70)15-27-75-29-30-76-28-16-46(71)66-25-23-65(24-26-66)20-14-43(38-9-11-40(56)12-10-38)63-53(74)55(57)17-21-67(22-18-55)50-42-13-19-58-49(42)60-34-61-50/h5-13,19,34-35,41,43-44,48,69H,14-18,20-33,57H2,1-4H3,(H,59,72)(H,63,74)(H,64,70)(H,58,60,61)/t41-,43+,44+,48-/m1/s1. The Morgan fingerprint density at radius 2 is 1.60 bits per heavy atom. The molecule has 8 rings (SSSR count). The molecule has 414 valence electrons. The normalized spacial score (nSPS) is 18.8. The van der Waals surface area contributed by atoms with Crippen molar-refractivity contribution in [1.82, 2.24) is 50.6 Å². The van der Waals surface area contributed by atoms with Crippen molar-refractivity contribution in [2.24, 2.45) is 11.1 Å². The van der Waals surface area contributed by atoms with E-state index in [-0.39, 0.29) is 88.5 Å². The second kappa shape index (κ2) is 26.1. The number of rotatable bonds is 22. The summed E-state index contributed by atoms with van der Waals surface area (Å²) in [4.78, 5) is 92.8. The van der Waals surface area contributed by atoms with Crippen molar-refractivity contribution in [2.45, 2.75) is 103 Å². The predicted octanol–water partition coefficient (Wildman–Crippen LogP) is 4.36. The molecule has 77 heavy (non-hydrogen) atoms. The number of nitrogens with zero attached hydrogens (tertiary/aromatic N) is 7. The van der Waals surface area contributed by atoms with Crippen LogP contribution in [0.15, 0.2) is 72.6 Å². The second-order valence-corrected chi connectivity index (χ2v) is 22.6. The summed E-state index contributed by atoms with van der Waals surface area (Å²) in [6, 6.07) is 15.2. The fourth-order valence-electron chi connectivity index (χ4n) is 10.1. The molecule has 0 bridgehead atoms. The van der Waals surface area contributed by atoms with Crippen LogP contribution in [0, 0.1) is 12.3 Å². The molecule has 0 spiro atoms. The monoisotopic (exact) mass is 1100 g/mol. The number of nitrogens with one attached hydrogen (secondary N) is 4. The van der Waals surface area contributed by atoms with E-state index in [1.807, 2.05) is 98.9 Å². The molecule has 5 amide bonds. The molecule has 7 N–H and O–H groups in total. The lowest BCUT2D eigenvalue weighted by Crippen LogP contribution is -2.60. The molecule has 3 aliphatic rings. The Morgan fingerprint density at radius 1 is 0.896 bits per heavy atom. The van der Waals surface area contributed by atoms with Gasteiger partial charge in [-0.15, -0.1) is 11.3 Å². The van der Waals surface area contributed by atoms with Crippen LogP contribution in [0.5, 0.6) is 0 Å². The van der Waals surface area contributed by atoms with Crippen LogP contribution < -0.4 is 26.6 Å². The molecular weight excluding hydrogens is 1020 g/mol. The number of carbonyl (C=O) groups excluding carboxylic acids is 5. The highest BCUT2D eigenvalue weighted by atomic mass is 35.5. The third-order valence-corrected chi connectivity index (χ3v) is 16.0. The zero-order chi connectivity index (χ0) is 54.7. The number of fused-ring (bicyclic) bond motifs is 1. The SMILES string of the molecule is Cc1ncsc1-c1ccc(CNC(=O)[C@@H]2C[C@@H](O)CN2C(=O)[C@@H](NC(=O)CCOCCOCCC(=O)N2CCN(CC[C@H](NC(=O)C3(N)CCN(c4ncnc5[nH]ccc45)CC3)c3ccc(Cl)cc3)CC2)C(C)(C)C)cc1. The summed E-state index contributed by atoms with van der Waals surface area (Å²) in [6.07, 6.45) is 4.39. The third-order valence-electron chi connectivity index (χ3n) is 14.8. The van der Waals surface area contributed by atoms with Gasteiger partial charge in [0.1, 0.15) is 29.9 Å². The number of likely N-dealkylation sites (tertiary alicyclic amines) is 1. The summed E-state index contributed by atoms with van der Waals surface area (Å²) in [5.74, 6) is -0.550. The summed E-state index contributed by atoms with van der Waals surface area (Å²) in [5, 5.41) is 21.2. The molecule has 6 heterocycles. The second-order valence-electron chi connectivity index (χ2n) is 21.3. The van der Waals surface area contributed by atoms with Gasteiger partial charge in [-0.25, -0.2) is 15.0 Å². The molecule has 0 unspecified atom stereocenters. The highest BCUT2D eigenvalue weighted by Crippen LogP contribution is 2.31. The number of aromatic nitrogens is 4. The maximum Gasteiger partial charge on any atom is 0.246 e. The molecule has 22 heteroatoms. The van der Waals surface area contributed by atoms with Gasteiger partial charge in [-0.05, 0) is 66.5 Å². The summed E-state index contributed by atoms with van der Waals surface area (Å²) < 4.78 is 11.4. The molecule has 3 fully saturated rings. The van der Waals surface area contributed by atoms with Gasteiger partial charge in [-0.1, -0.05) is 68.8 Å². The maximum absolute atomic E-state index is 14.0. The van der Waals surface area contributed by atoms with E-state index in [2.05, 4.69) is 45.7 Å². The van der Waals surface area contributed by atoms with E-state index in [4.69, 9.17) is 26.8 Å². The number of nitrogens with two attached hydrogens (primary N) is 1. The summed E-state index contributed by atoms with van der Waals surface area (Å²) in [5.41, 5.74) is 11.5. The Bertz CT molecular complexity index is 2790. The van der Waals surface area contributed by atoms with Gasteiger partial charge in [-0.2, -0.15) is 0 Å². The number of H-pyrrole nitrogens is 1. The van der Waals surface area contributed by atoms with Crippen LogP contribution in [0.1, 0.15) is 82.2 Å². The Morgan fingerprint density at radius 3 is 2.27 bits per heavy atom. The minimum atomic E-state index is -1.04. The molecule has 2 aromatic carbocycles. The van der Waals surface area contributed by atoms with E-state index in [0.717, 1.165) is 44.1 Å². The Hall–Kier alpha value is -6.07. The van der Waals surface area contributed by atoms with E-state index in [1.54, 1.807) is 17.7 Å². The number of aliphatic hydroxyl groups is 1. The average Bonchev–Trinajstić information content (AvgIpc) is 4.22. The molecule has 0 saturated carbocycles. The van der Waals surface area contributed by atoms with Crippen molar-refractivity contribution in [2.75, 3.05) is 83.7 Å². The lowest BCUT2D eigenvalue weighted by molar-refractivity contribution is -0.144. The Balaban J connectivity index is 0.702. The first kappa shape index (κ1) is 57.1. The van der Waals surface area contributed by atoms with E-state index < -0.39 is 35.0 Å². The van der Waals surface area contributed by atoms with Crippen LogP contribution in [-0.4, -0.2) is 172 Å². The zero-order valence-corrected chi connectivity index (χ0v) is 46.0. The van der Waals surface area contributed by atoms with Crippen molar-refractivity contribution in [3.05, 3.63) is 94.5 Å². The Labute approximate surface area is 458 Å². The number of aryl methyl sites for hydroxylation is 1. The van der Waals surface area contributed by atoms with Gasteiger partial charge >= 0.3 is 0 Å². The summed E-state index contributed by atoms with van der Waals surface area (Å²) >= 11 is 7.81. The summed E-state index contributed by atoms with van der Waals surface area (Å²) in [7, 11) is 0. The van der Waals surface area contributed by atoms with Gasteiger partial charge in [0.25, 0.3) is 0 Å². The average molecular weight is 1100 g/mol. The molecule has 3 aromatic heterocycles. The number of aromatic amines is 1. The number of β-amino-alcohol motifs (C(OH)–C–C–N with tert-alkyl or cyclic N) is 1. The number of carbonyl (C=O) groups is 5. The molecule has 0 aliphatic carbocycles. The first-order valence-corrected chi connectivity index (χ1v) is 27.8. The first-order valence-electron chi connectivity index (χ1n) is 26.5. The third kappa shape index (κ3) is 14.9. The highest BCUT2D eigenvalue weighted by Gasteiger charge is 2.45. The van der Waals surface area contributed by atoms with E-state index in [1.165, 1.54) is 4.90 Å². The summed E-state index contributed by atoms with van der Waals surface area (Å²) in [6.45, 7) is 12.9. The number of hydrogen-bond donors (Lipinski definition) is 6. The molecular formula is C55H73ClN12O8S. The molecule has 0 radical (unpaired) electrons. The van der Waals surface area contributed by atoms with Crippen molar-refractivity contribution >= 4 is 69.3 Å². The van der Waals surface area contributed by atoms with Gasteiger partial charge in [0, 0.05) is 83.0 Å². The van der Waals surface area contributed by atoms with E-state index in [0.29, 0.717) is 70.1 Å². The first-order chi connectivity index (χ1) is 37.0. The molecule has 20 nitrogen and oxygen atoms in total. The fraction of sp³-hybridized carbons (Fsp3) is 0.527. The van der Waals surface area contributed by atoms with E-state index >= 15 is 0 Å². The number of benzene rings is 2. The highest BCUT2D eigenvalue weighted by molar-refractivity contribution is 7.13. The van der Waals surface area contributed by atoms with E-state index in [9.17, 15) is 29.1 Å². The Kier molecular flexibility index (Phi) is 19.3. The quantitative estimate of drug-likeness (QED) is 0.0528. The minimum Gasteiger partial charge on any atom is -0.391 e. The number of piperazine rings is 1. The largest absolute Gasteiger partial charge is 0.391 e. The van der Waals surface area contributed by atoms with Crippen LogP contribution in [0.25, 0.3) is 21.5 Å². The van der Waals surface area contributed by atoms with Crippen LogP contribution in [-0.2, 0) is 40.0 Å². The number of piperidine rings is 1. The van der Waals surface area contributed by atoms with Crippen LogP contribution >= 0.6 is 22.9 Å². The maximum atomic E-state index is 14.0. The van der Waals surface area contributed by atoms with Gasteiger partial charge in [-0.3, -0.25) is 28.9 Å². The number of halogens is 1. The topological polar surface area (TPSA) is 254 Å². The van der Waals surface area contributed by atoms with Crippen LogP contribution in [0.3, 0.4) is 0 Å². The molecule has 3 aliphatic heterocycles. The number of aliphatic hydroxyl groups excluding tert-OH is 1. The zero-order valence-electron chi connectivity index (χ0n) is 44.5. The number of amides is 5. The van der Waals surface area contributed by atoms with Crippen molar-refractivity contribution in [3.8, 4) is 10.4 Å². The lowest BCUT2D eigenvalue weighted by atomic mass is 9.85. The number of hydrogen-bond acceptors (Lipinski definition) is 15. The molecule has 3 saturated heterocycles. The van der Waals surface area contributed by atoms with Gasteiger partial charge in [0.15, 0.2) is 0 Å². The van der Waals surface area contributed by atoms with Gasteiger partial charge < -0.3 is 55.9 Å². The van der Waals surface area contributed by atoms with Crippen molar-refractivity contribution in [3.63, 3.8) is 0 Å². The van der Waals surface area contributed by atoms with Crippen LogP contribution in [0.4, 0.5) is 5.82 Å². The predicted molar refractivity (Wildman–Crippen MR) is 295 cm³/mol. The molecule has 4 atom stereocenters. The van der Waals surface area contributed by atoms with Crippen molar-refractivity contribution in [1.29, 1.82) is 0 Å².